The van der Waals surface area contributed by atoms with Crippen LogP contribution in [0.4, 0.5) is 0 Å². The lowest BCUT2D eigenvalue weighted by molar-refractivity contribution is -0.0124. The highest BCUT2D eigenvalue weighted by atomic mass is 32.1. The third kappa shape index (κ3) is 3.17. The molecule has 0 aromatic carbocycles. The van der Waals surface area contributed by atoms with E-state index in [1.165, 1.54) is 55.2 Å². The Kier molecular flexibility index (Phi) is 4.97. The fourth-order valence-electron chi connectivity index (χ4n) is 3.93. The lowest BCUT2D eigenvalue weighted by atomic mass is 9.95. The Morgan fingerprint density at radius 3 is 2.90 bits per heavy atom. The quantitative estimate of drug-likeness (QED) is 0.845. The molecule has 21 heavy (non-hydrogen) atoms. The van der Waals surface area contributed by atoms with E-state index in [1.807, 2.05) is 11.3 Å². The summed E-state index contributed by atoms with van der Waals surface area (Å²) in [6.07, 6.45) is 8.63. The van der Waals surface area contributed by atoms with Gasteiger partial charge in [-0.2, -0.15) is 0 Å². The maximum atomic E-state index is 4.70. The standard InChI is InChI=1S/C17H29N3S/c1-4-14-11-19-9-7-6-8-15(19)12-20(14)13(3)17-18-10-16(5-2)21-17/h10,13-15H,4-9,11-12H2,1-3H3. The van der Waals surface area contributed by atoms with Gasteiger partial charge in [-0.25, -0.2) is 4.98 Å². The molecule has 4 heteroatoms. The Balaban J connectivity index is 1.75. The normalized spacial score (nSPS) is 29.3. The summed E-state index contributed by atoms with van der Waals surface area (Å²) >= 11 is 1.91. The van der Waals surface area contributed by atoms with Gasteiger partial charge < -0.3 is 0 Å². The van der Waals surface area contributed by atoms with Crippen LogP contribution in [0.15, 0.2) is 6.20 Å². The molecule has 118 valence electrons. The van der Waals surface area contributed by atoms with Crippen molar-refractivity contribution in [3.63, 3.8) is 0 Å². The number of aryl methyl sites for hydroxylation is 1. The minimum Gasteiger partial charge on any atom is -0.298 e. The molecule has 0 bridgehead atoms. The van der Waals surface area contributed by atoms with Crippen molar-refractivity contribution in [2.75, 3.05) is 19.6 Å². The second-order valence-electron chi connectivity index (χ2n) is 6.60. The largest absolute Gasteiger partial charge is 0.298 e. The van der Waals surface area contributed by atoms with Gasteiger partial charge in [-0.05, 0) is 39.2 Å². The van der Waals surface area contributed by atoms with Crippen molar-refractivity contribution < 1.29 is 0 Å². The maximum absolute atomic E-state index is 4.70. The van der Waals surface area contributed by atoms with Crippen LogP contribution in [0.1, 0.15) is 62.4 Å². The Labute approximate surface area is 133 Å². The van der Waals surface area contributed by atoms with E-state index in [4.69, 9.17) is 4.98 Å². The van der Waals surface area contributed by atoms with Crippen molar-refractivity contribution in [3.05, 3.63) is 16.1 Å². The molecule has 0 radical (unpaired) electrons. The van der Waals surface area contributed by atoms with Crippen molar-refractivity contribution in [1.29, 1.82) is 0 Å². The van der Waals surface area contributed by atoms with Crippen LogP contribution in [0.2, 0.25) is 0 Å². The van der Waals surface area contributed by atoms with Crippen LogP contribution < -0.4 is 0 Å². The van der Waals surface area contributed by atoms with Crippen LogP contribution in [0, 0.1) is 0 Å². The predicted octanol–water partition coefficient (Wildman–Crippen LogP) is 3.72. The molecule has 0 amide bonds. The zero-order valence-corrected chi connectivity index (χ0v) is 14.5. The number of fused-ring (bicyclic) bond motifs is 1. The average molecular weight is 308 g/mol. The molecule has 1 aromatic rings. The van der Waals surface area contributed by atoms with Crippen LogP contribution in [-0.2, 0) is 6.42 Å². The molecule has 1 aromatic heterocycles. The van der Waals surface area contributed by atoms with Gasteiger partial charge in [-0.3, -0.25) is 9.80 Å². The summed E-state index contributed by atoms with van der Waals surface area (Å²) in [6.45, 7) is 10.7. The van der Waals surface area contributed by atoms with E-state index >= 15 is 0 Å². The first-order valence-electron chi connectivity index (χ1n) is 8.67. The highest BCUT2D eigenvalue weighted by molar-refractivity contribution is 7.11. The Hall–Kier alpha value is -0.450. The first-order valence-corrected chi connectivity index (χ1v) is 9.49. The molecule has 3 heterocycles. The summed E-state index contributed by atoms with van der Waals surface area (Å²) in [7, 11) is 0. The molecule has 2 aliphatic heterocycles. The van der Waals surface area contributed by atoms with E-state index in [0.717, 1.165) is 12.5 Å². The van der Waals surface area contributed by atoms with Crippen molar-refractivity contribution in [2.45, 2.75) is 71.0 Å². The molecule has 0 aliphatic carbocycles. The molecule has 0 N–H and O–H groups in total. The number of aromatic nitrogens is 1. The van der Waals surface area contributed by atoms with Crippen LogP contribution in [0.25, 0.3) is 0 Å². The summed E-state index contributed by atoms with van der Waals surface area (Å²) in [5, 5.41) is 1.31. The molecular formula is C17H29N3S. The monoisotopic (exact) mass is 307 g/mol. The average Bonchev–Trinajstić information content (AvgIpc) is 3.02. The van der Waals surface area contributed by atoms with Gasteiger partial charge >= 0.3 is 0 Å². The summed E-state index contributed by atoms with van der Waals surface area (Å²) in [5.74, 6) is 0. The summed E-state index contributed by atoms with van der Waals surface area (Å²) in [6, 6.07) is 1.96. The molecule has 2 saturated heterocycles. The fourth-order valence-corrected chi connectivity index (χ4v) is 4.86. The highest BCUT2D eigenvalue weighted by Gasteiger charge is 2.37. The molecule has 0 spiro atoms. The van der Waals surface area contributed by atoms with E-state index in [0.29, 0.717) is 12.1 Å². The van der Waals surface area contributed by atoms with Crippen LogP contribution in [0.3, 0.4) is 0 Å². The molecule has 3 atom stereocenters. The number of thiazole rings is 1. The van der Waals surface area contributed by atoms with Crippen molar-refractivity contribution in [1.82, 2.24) is 14.8 Å². The highest BCUT2D eigenvalue weighted by Crippen LogP contribution is 2.33. The fraction of sp³-hybridized carbons (Fsp3) is 0.824. The van der Waals surface area contributed by atoms with Gasteiger partial charge in [0, 0.05) is 36.2 Å². The molecular weight excluding hydrogens is 278 g/mol. The van der Waals surface area contributed by atoms with Crippen LogP contribution in [-0.4, -0.2) is 46.5 Å². The number of nitrogens with zero attached hydrogens (tertiary/aromatic N) is 3. The van der Waals surface area contributed by atoms with Gasteiger partial charge in [0.1, 0.15) is 5.01 Å². The number of piperidine rings is 1. The summed E-state index contributed by atoms with van der Waals surface area (Å²) in [4.78, 5) is 11.6. The minimum absolute atomic E-state index is 0.476. The zero-order valence-electron chi connectivity index (χ0n) is 13.7. The number of piperazine rings is 1. The van der Waals surface area contributed by atoms with E-state index in [1.54, 1.807) is 0 Å². The molecule has 0 saturated carbocycles. The second kappa shape index (κ2) is 6.76. The lowest BCUT2D eigenvalue weighted by Gasteiger charge is -2.50. The topological polar surface area (TPSA) is 19.4 Å². The molecule has 3 unspecified atom stereocenters. The second-order valence-corrected chi connectivity index (χ2v) is 7.74. The smallest absolute Gasteiger partial charge is 0.110 e. The van der Waals surface area contributed by atoms with Gasteiger partial charge in [0.25, 0.3) is 0 Å². The number of rotatable bonds is 4. The van der Waals surface area contributed by atoms with Gasteiger partial charge in [-0.1, -0.05) is 20.3 Å². The summed E-state index contributed by atoms with van der Waals surface area (Å²) < 4.78 is 0. The van der Waals surface area contributed by atoms with Gasteiger partial charge in [0.05, 0.1) is 6.04 Å². The van der Waals surface area contributed by atoms with E-state index < -0.39 is 0 Å². The Bertz CT molecular complexity index is 459. The van der Waals surface area contributed by atoms with Crippen LogP contribution in [0.5, 0.6) is 0 Å². The Morgan fingerprint density at radius 1 is 1.33 bits per heavy atom. The van der Waals surface area contributed by atoms with Gasteiger partial charge in [-0.15, -0.1) is 11.3 Å². The molecule has 2 fully saturated rings. The van der Waals surface area contributed by atoms with E-state index in [-0.39, 0.29) is 0 Å². The summed E-state index contributed by atoms with van der Waals surface area (Å²) in [5.41, 5.74) is 0. The van der Waals surface area contributed by atoms with Crippen molar-refractivity contribution in [3.8, 4) is 0 Å². The van der Waals surface area contributed by atoms with E-state index in [9.17, 15) is 0 Å². The predicted molar refractivity (Wildman–Crippen MR) is 89.9 cm³/mol. The Morgan fingerprint density at radius 2 is 2.19 bits per heavy atom. The molecule has 2 aliphatic rings. The van der Waals surface area contributed by atoms with E-state index in [2.05, 4.69) is 36.8 Å². The third-order valence-electron chi connectivity index (χ3n) is 5.33. The van der Waals surface area contributed by atoms with Crippen molar-refractivity contribution >= 4 is 11.3 Å². The lowest BCUT2D eigenvalue weighted by Crippen LogP contribution is -2.59. The van der Waals surface area contributed by atoms with Gasteiger partial charge in [0.2, 0.25) is 0 Å². The molecule has 3 nitrogen and oxygen atoms in total. The maximum Gasteiger partial charge on any atom is 0.110 e. The van der Waals surface area contributed by atoms with Crippen LogP contribution >= 0.6 is 11.3 Å². The zero-order chi connectivity index (χ0) is 14.8. The number of hydrogen-bond acceptors (Lipinski definition) is 4. The first kappa shape index (κ1) is 15.4. The first-order chi connectivity index (χ1) is 10.2. The third-order valence-corrected chi connectivity index (χ3v) is 6.64. The molecule has 3 rings (SSSR count). The minimum atomic E-state index is 0.476. The number of hydrogen-bond donors (Lipinski definition) is 0. The van der Waals surface area contributed by atoms with Crippen molar-refractivity contribution in [2.24, 2.45) is 0 Å². The van der Waals surface area contributed by atoms with Gasteiger partial charge in [0.15, 0.2) is 0 Å². The SMILES string of the molecule is CCc1cnc(C(C)N2CC3CCCCN3CC2CC)s1.